The largest absolute Gasteiger partial charge is 0.442 e. The number of amides is 2. The first-order valence-corrected chi connectivity index (χ1v) is 11.1. The number of ether oxygens (including phenoxy) is 1. The minimum atomic E-state index is -0.415. The second-order valence-corrected chi connectivity index (χ2v) is 8.55. The molecule has 2 amide bonds. The number of hydrogen-bond donors (Lipinski definition) is 2. The number of nitrogens with one attached hydrogen (secondary N) is 2. The fraction of sp³-hybridized carbons (Fsp3) is 0.318. The highest BCUT2D eigenvalue weighted by Crippen LogP contribution is 2.39. The second kappa shape index (κ2) is 7.81. The molecule has 5 rings (SSSR count). The van der Waals surface area contributed by atoms with Crippen LogP contribution in [0.15, 0.2) is 29.0 Å². The van der Waals surface area contributed by atoms with Crippen molar-refractivity contribution >= 4 is 29.0 Å². The molecule has 9 heteroatoms. The van der Waals surface area contributed by atoms with Crippen LogP contribution in [0.1, 0.15) is 24.5 Å². The van der Waals surface area contributed by atoms with Gasteiger partial charge >= 0.3 is 6.09 Å². The van der Waals surface area contributed by atoms with Crippen molar-refractivity contribution in [2.24, 2.45) is 0 Å². The first-order valence-electron chi connectivity index (χ1n) is 10.2. The fourth-order valence-corrected chi connectivity index (χ4v) is 4.93. The fourth-order valence-electron chi connectivity index (χ4n) is 4.26. The number of benzene rings is 1. The third kappa shape index (κ3) is 3.59. The molecule has 1 aromatic carbocycles. The van der Waals surface area contributed by atoms with Crippen molar-refractivity contribution in [1.29, 1.82) is 0 Å². The lowest BCUT2D eigenvalue weighted by Crippen LogP contribution is -2.33. The number of rotatable bonds is 4. The van der Waals surface area contributed by atoms with Gasteiger partial charge in [-0.05, 0) is 37.0 Å². The third-order valence-corrected chi connectivity index (χ3v) is 6.45. The van der Waals surface area contributed by atoms with E-state index in [9.17, 15) is 14.0 Å². The van der Waals surface area contributed by atoms with E-state index >= 15 is 0 Å². The average Bonchev–Trinajstić information content (AvgIpc) is 3.42. The molecule has 2 N–H and O–H groups in total. The van der Waals surface area contributed by atoms with Crippen LogP contribution in [0.25, 0.3) is 22.5 Å². The number of nitrogens with zero attached hydrogens (tertiary/aromatic N) is 2. The van der Waals surface area contributed by atoms with Gasteiger partial charge in [0.05, 0.1) is 24.5 Å². The van der Waals surface area contributed by atoms with E-state index in [0.717, 1.165) is 47.3 Å². The van der Waals surface area contributed by atoms with E-state index in [-0.39, 0.29) is 17.8 Å². The number of aromatic nitrogens is 2. The van der Waals surface area contributed by atoms with Crippen LogP contribution in [0.2, 0.25) is 0 Å². The number of H-pyrrole nitrogens is 1. The van der Waals surface area contributed by atoms with Crippen molar-refractivity contribution < 1.29 is 18.7 Å². The molecule has 31 heavy (non-hydrogen) atoms. The monoisotopic (exact) mass is 440 g/mol. The Kier molecular flexibility index (Phi) is 4.97. The predicted molar refractivity (Wildman–Crippen MR) is 116 cm³/mol. The molecule has 0 bridgehead atoms. The van der Waals surface area contributed by atoms with Crippen molar-refractivity contribution in [2.45, 2.75) is 32.3 Å². The molecule has 1 aliphatic carbocycles. The van der Waals surface area contributed by atoms with Crippen LogP contribution in [0.3, 0.4) is 0 Å². The van der Waals surface area contributed by atoms with Crippen molar-refractivity contribution in [2.75, 3.05) is 18.0 Å². The molecule has 160 valence electrons. The lowest BCUT2D eigenvalue weighted by Gasteiger charge is -2.16. The van der Waals surface area contributed by atoms with E-state index in [1.165, 1.54) is 23.6 Å². The molecule has 0 radical (unpaired) electrons. The molecule has 3 heterocycles. The van der Waals surface area contributed by atoms with Gasteiger partial charge in [-0.3, -0.25) is 14.8 Å². The molecule has 3 aromatic rings. The standard InChI is InChI=1S/C22H21FN4O3S/c1-12(28)24-8-15-9-27(22(29)30-15)14-5-6-16-13(7-14)3-2-4-17-20(16)25-26-21(17)18-10-31-11-19(18)23/h5-7,10-11,15H,2-4,8-9H2,1H3,(H,24,28)(H,25,26). The van der Waals surface area contributed by atoms with Crippen molar-refractivity contribution in [3.8, 4) is 22.5 Å². The number of aryl methyl sites for hydroxylation is 1. The smallest absolute Gasteiger partial charge is 0.414 e. The van der Waals surface area contributed by atoms with Crippen molar-refractivity contribution in [3.05, 3.63) is 45.9 Å². The van der Waals surface area contributed by atoms with Gasteiger partial charge in [-0.2, -0.15) is 5.10 Å². The Labute approximate surface area is 182 Å². The summed E-state index contributed by atoms with van der Waals surface area (Å²) in [5.74, 6) is -0.405. The Hall–Kier alpha value is -3.20. The van der Waals surface area contributed by atoms with E-state index in [1.54, 1.807) is 10.3 Å². The molecular formula is C22H21FN4O3S. The van der Waals surface area contributed by atoms with Crippen molar-refractivity contribution in [1.82, 2.24) is 15.5 Å². The lowest BCUT2D eigenvalue weighted by atomic mass is 10.00. The van der Waals surface area contributed by atoms with Gasteiger partial charge < -0.3 is 10.1 Å². The Bertz CT molecular complexity index is 1170. The predicted octanol–water partition coefficient (Wildman–Crippen LogP) is 3.89. The van der Waals surface area contributed by atoms with Crippen LogP contribution in [-0.2, 0) is 22.4 Å². The maximum Gasteiger partial charge on any atom is 0.414 e. The average molecular weight is 441 g/mol. The summed E-state index contributed by atoms with van der Waals surface area (Å²) in [7, 11) is 0. The van der Waals surface area contributed by atoms with Crippen LogP contribution < -0.4 is 10.2 Å². The number of halogens is 1. The molecule has 1 unspecified atom stereocenters. The Morgan fingerprint density at radius 1 is 1.35 bits per heavy atom. The molecule has 1 atom stereocenters. The van der Waals surface area contributed by atoms with Crippen molar-refractivity contribution in [3.63, 3.8) is 0 Å². The summed E-state index contributed by atoms with van der Waals surface area (Å²) in [6.07, 6.45) is 1.75. The minimum Gasteiger partial charge on any atom is -0.442 e. The number of carbonyl (C=O) groups excluding carboxylic acids is 2. The maximum absolute atomic E-state index is 14.2. The summed E-state index contributed by atoms with van der Waals surface area (Å²) in [5, 5.41) is 13.5. The number of anilines is 1. The molecule has 0 spiro atoms. The first-order chi connectivity index (χ1) is 15.0. The summed E-state index contributed by atoms with van der Waals surface area (Å²) >= 11 is 1.33. The van der Waals surface area contributed by atoms with Gasteiger partial charge in [-0.25, -0.2) is 9.18 Å². The number of carbonyl (C=O) groups is 2. The Morgan fingerprint density at radius 3 is 3.00 bits per heavy atom. The summed E-state index contributed by atoms with van der Waals surface area (Å²) in [6, 6.07) is 5.88. The summed E-state index contributed by atoms with van der Waals surface area (Å²) in [4.78, 5) is 25.1. The zero-order valence-corrected chi connectivity index (χ0v) is 17.7. The number of cyclic esters (lactones) is 1. The van der Waals surface area contributed by atoms with Gasteiger partial charge in [-0.15, -0.1) is 11.3 Å². The van der Waals surface area contributed by atoms with Crippen LogP contribution >= 0.6 is 11.3 Å². The van der Waals surface area contributed by atoms with E-state index in [1.807, 2.05) is 18.2 Å². The van der Waals surface area contributed by atoms with Crippen LogP contribution in [-0.4, -0.2) is 41.4 Å². The first kappa shape index (κ1) is 19.7. The SMILES string of the molecule is CC(=O)NCC1CN(c2ccc3c(c2)CCCc2c(-c4cscc4F)n[nH]c2-3)C(=O)O1. The minimum absolute atomic E-state index is 0.156. The van der Waals surface area contributed by atoms with Gasteiger partial charge in [0.1, 0.15) is 11.9 Å². The molecule has 1 saturated heterocycles. The number of fused-ring (bicyclic) bond motifs is 3. The van der Waals surface area contributed by atoms with Gasteiger partial charge in [0.25, 0.3) is 0 Å². The van der Waals surface area contributed by atoms with Gasteiger partial charge in [0, 0.05) is 40.1 Å². The highest BCUT2D eigenvalue weighted by molar-refractivity contribution is 7.08. The van der Waals surface area contributed by atoms with Crippen LogP contribution in [0.4, 0.5) is 14.9 Å². The van der Waals surface area contributed by atoms with Gasteiger partial charge in [-0.1, -0.05) is 6.07 Å². The molecule has 1 aliphatic heterocycles. The van der Waals surface area contributed by atoms with E-state index in [4.69, 9.17) is 4.74 Å². The zero-order chi connectivity index (χ0) is 21.5. The molecule has 2 aliphatic rings. The third-order valence-electron chi connectivity index (χ3n) is 5.73. The number of aromatic amines is 1. The highest BCUT2D eigenvalue weighted by atomic mass is 32.1. The molecule has 0 saturated carbocycles. The number of thiophene rings is 1. The van der Waals surface area contributed by atoms with Gasteiger partial charge in [0.15, 0.2) is 0 Å². The molecule has 1 fully saturated rings. The summed E-state index contributed by atoms with van der Waals surface area (Å²) in [6.45, 7) is 2.11. The van der Waals surface area contributed by atoms with Gasteiger partial charge in [0.2, 0.25) is 5.91 Å². The molecule has 2 aromatic heterocycles. The topological polar surface area (TPSA) is 87.3 Å². The molecule has 7 nitrogen and oxygen atoms in total. The van der Waals surface area contributed by atoms with Crippen LogP contribution in [0.5, 0.6) is 0 Å². The van der Waals surface area contributed by atoms with E-state index in [2.05, 4.69) is 15.5 Å². The molecular weight excluding hydrogens is 419 g/mol. The number of hydrogen-bond acceptors (Lipinski definition) is 5. The normalized spacial score (nSPS) is 17.7. The highest BCUT2D eigenvalue weighted by Gasteiger charge is 2.33. The zero-order valence-electron chi connectivity index (χ0n) is 16.9. The Balaban J connectivity index is 1.44. The quantitative estimate of drug-likeness (QED) is 0.644. The second-order valence-electron chi connectivity index (χ2n) is 7.81. The maximum atomic E-state index is 14.2. The summed E-state index contributed by atoms with van der Waals surface area (Å²) in [5.41, 5.74) is 6.04. The lowest BCUT2D eigenvalue weighted by molar-refractivity contribution is -0.119. The van der Waals surface area contributed by atoms with Crippen LogP contribution in [0, 0.1) is 5.82 Å². The summed E-state index contributed by atoms with van der Waals surface area (Å²) < 4.78 is 19.5. The Morgan fingerprint density at radius 2 is 2.23 bits per heavy atom. The van der Waals surface area contributed by atoms with E-state index in [0.29, 0.717) is 24.3 Å². The van der Waals surface area contributed by atoms with E-state index < -0.39 is 6.09 Å².